The molecule has 1 aromatic rings. The molecule has 0 aliphatic carbocycles. The Morgan fingerprint density at radius 3 is 2.89 bits per heavy atom. The fourth-order valence-corrected chi connectivity index (χ4v) is 2.55. The number of thiocarbonyl (C=S) groups is 1. The first-order chi connectivity index (χ1) is 8.99. The van der Waals surface area contributed by atoms with E-state index in [1.807, 2.05) is 0 Å². The van der Waals surface area contributed by atoms with Crippen molar-refractivity contribution in [3.8, 4) is 0 Å². The summed E-state index contributed by atoms with van der Waals surface area (Å²) in [5.41, 5.74) is 6.65. The number of rotatable bonds is 2. The lowest BCUT2D eigenvalue weighted by molar-refractivity contribution is 0.0703. The minimum Gasteiger partial charge on any atom is -0.393 e. The number of halogens is 1. The number of carbonyl (C=O) groups is 1. The second-order valence-electron chi connectivity index (χ2n) is 4.96. The normalized spacial score (nSPS) is 19.3. The number of aryl methyl sites for hydroxylation is 1. The number of nitrogens with two attached hydrogens (primary N) is 1. The standard InChI is InChI=1S/C14H17FN2OS/c1-9-7-10(4-5-12(9)15)14(18)17-6-2-3-11(8-17)13(16)19/h4-5,7,11H,2-3,6,8H2,1H3,(H2,16,19). The fourth-order valence-electron chi connectivity index (χ4n) is 2.35. The highest BCUT2D eigenvalue weighted by molar-refractivity contribution is 7.80. The molecule has 0 aromatic heterocycles. The number of amides is 1. The van der Waals surface area contributed by atoms with Crippen LogP contribution in [0.3, 0.4) is 0 Å². The second-order valence-corrected chi connectivity index (χ2v) is 5.43. The van der Waals surface area contributed by atoms with Crippen LogP contribution in [0.5, 0.6) is 0 Å². The molecule has 1 aliphatic rings. The molecule has 1 amide bonds. The van der Waals surface area contributed by atoms with Gasteiger partial charge >= 0.3 is 0 Å². The molecular formula is C14H17FN2OS. The van der Waals surface area contributed by atoms with Gasteiger partial charge in [-0.05, 0) is 43.5 Å². The van der Waals surface area contributed by atoms with Crippen molar-refractivity contribution in [2.75, 3.05) is 13.1 Å². The molecule has 2 rings (SSSR count). The van der Waals surface area contributed by atoms with E-state index in [0.717, 1.165) is 12.8 Å². The van der Waals surface area contributed by atoms with E-state index in [4.69, 9.17) is 18.0 Å². The van der Waals surface area contributed by atoms with Gasteiger partial charge in [0.05, 0.1) is 4.99 Å². The fraction of sp³-hybridized carbons (Fsp3) is 0.429. The van der Waals surface area contributed by atoms with Gasteiger partial charge in [0.25, 0.3) is 5.91 Å². The van der Waals surface area contributed by atoms with E-state index in [1.54, 1.807) is 17.9 Å². The predicted molar refractivity (Wildman–Crippen MR) is 76.5 cm³/mol. The summed E-state index contributed by atoms with van der Waals surface area (Å²) in [5, 5.41) is 0. The zero-order valence-electron chi connectivity index (χ0n) is 10.9. The van der Waals surface area contributed by atoms with E-state index >= 15 is 0 Å². The largest absolute Gasteiger partial charge is 0.393 e. The Kier molecular flexibility index (Phi) is 4.14. The molecule has 3 nitrogen and oxygen atoms in total. The van der Waals surface area contributed by atoms with Crippen molar-refractivity contribution in [3.05, 3.63) is 35.1 Å². The smallest absolute Gasteiger partial charge is 0.253 e. The monoisotopic (exact) mass is 280 g/mol. The molecule has 1 unspecified atom stereocenters. The zero-order valence-corrected chi connectivity index (χ0v) is 11.7. The second kappa shape index (κ2) is 5.65. The van der Waals surface area contributed by atoms with Crippen LogP contribution in [0, 0.1) is 18.7 Å². The summed E-state index contributed by atoms with van der Waals surface area (Å²) < 4.78 is 13.2. The lowest BCUT2D eigenvalue weighted by Crippen LogP contribution is -2.43. The van der Waals surface area contributed by atoms with Crippen LogP contribution in [0.15, 0.2) is 18.2 Å². The van der Waals surface area contributed by atoms with Gasteiger partial charge in [0.2, 0.25) is 0 Å². The van der Waals surface area contributed by atoms with Crippen molar-refractivity contribution in [2.24, 2.45) is 11.7 Å². The summed E-state index contributed by atoms with van der Waals surface area (Å²) in [5.74, 6) is -0.283. The van der Waals surface area contributed by atoms with Gasteiger partial charge in [-0.3, -0.25) is 4.79 Å². The molecule has 0 saturated carbocycles. The van der Waals surface area contributed by atoms with E-state index < -0.39 is 0 Å². The molecule has 1 fully saturated rings. The Morgan fingerprint density at radius 2 is 2.26 bits per heavy atom. The first-order valence-corrected chi connectivity index (χ1v) is 6.74. The van der Waals surface area contributed by atoms with E-state index in [2.05, 4.69) is 0 Å². The lowest BCUT2D eigenvalue weighted by atomic mass is 9.97. The molecule has 0 spiro atoms. The highest BCUT2D eigenvalue weighted by Crippen LogP contribution is 2.19. The minimum absolute atomic E-state index is 0.0796. The quantitative estimate of drug-likeness (QED) is 0.845. The van der Waals surface area contributed by atoms with E-state index in [-0.39, 0.29) is 17.6 Å². The molecule has 5 heteroatoms. The first-order valence-electron chi connectivity index (χ1n) is 6.34. The molecule has 1 atom stereocenters. The van der Waals surface area contributed by atoms with Crippen LogP contribution < -0.4 is 5.73 Å². The van der Waals surface area contributed by atoms with Gasteiger partial charge in [0.15, 0.2) is 0 Å². The number of likely N-dealkylation sites (tertiary alicyclic amines) is 1. The van der Waals surface area contributed by atoms with Crippen molar-refractivity contribution in [1.29, 1.82) is 0 Å². The molecule has 19 heavy (non-hydrogen) atoms. The number of benzene rings is 1. The maximum atomic E-state index is 13.2. The highest BCUT2D eigenvalue weighted by Gasteiger charge is 2.26. The zero-order chi connectivity index (χ0) is 14.0. The van der Waals surface area contributed by atoms with Crippen LogP contribution in [-0.2, 0) is 0 Å². The Balaban J connectivity index is 2.14. The third-order valence-electron chi connectivity index (χ3n) is 3.52. The SMILES string of the molecule is Cc1cc(C(=O)N2CCCC(C(N)=S)C2)ccc1F. The summed E-state index contributed by atoms with van der Waals surface area (Å²) in [6.45, 7) is 2.92. The molecule has 1 aromatic carbocycles. The van der Waals surface area contributed by atoms with Crippen LogP contribution in [-0.4, -0.2) is 28.9 Å². The molecule has 1 heterocycles. The van der Waals surface area contributed by atoms with Gasteiger partial charge in [-0.2, -0.15) is 0 Å². The number of hydrogen-bond donors (Lipinski definition) is 1. The lowest BCUT2D eigenvalue weighted by Gasteiger charge is -2.32. The number of carbonyl (C=O) groups excluding carboxylic acids is 1. The predicted octanol–water partition coefficient (Wildman–Crippen LogP) is 2.27. The maximum Gasteiger partial charge on any atom is 0.253 e. The summed E-state index contributed by atoms with van der Waals surface area (Å²) in [6, 6.07) is 4.44. The molecule has 102 valence electrons. The van der Waals surface area contributed by atoms with Gasteiger partial charge < -0.3 is 10.6 Å². The Hall–Kier alpha value is -1.49. The molecule has 1 aliphatic heterocycles. The number of piperidine rings is 1. The van der Waals surface area contributed by atoms with Crippen LogP contribution in [0.1, 0.15) is 28.8 Å². The van der Waals surface area contributed by atoms with E-state index in [0.29, 0.717) is 29.2 Å². The Morgan fingerprint density at radius 1 is 1.53 bits per heavy atom. The van der Waals surface area contributed by atoms with Gasteiger partial charge in [-0.15, -0.1) is 0 Å². The Bertz CT molecular complexity index is 518. The summed E-state index contributed by atoms with van der Waals surface area (Å²) in [4.78, 5) is 14.6. The molecule has 1 saturated heterocycles. The summed E-state index contributed by atoms with van der Waals surface area (Å²) in [6.07, 6.45) is 1.83. The first kappa shape index (κ1) is 13.9. The van der Waals surface area contributed by atoms with Gasteiger partial charge in [-0.1, -0.05) is 12.2 Å². The average Bonchev–Trinajstić information content (AvgIpc) is 2.41. The van der Waals surface area contributed by atoms with E-state index in [1.165, 1.54) is 12.1 Å². The van der Waals surface area contributed by atoms with Crippen molar-refractivity contribution in [3.63, 3.8) is 0 Å². The number of nitrogens with zero attached hydrogens (tertiary/aromatic N) is 1. The highest BCUT2D eigenvalue weighted by atomic mass is 32.1. The topological polar surface area (TPSA) is 46.3 Å². The van der Waals surface area contributed by atoms with Crippen LogP contribution in [0.4, 0.5) is 4.39 Å². The molecule has 2 N–H and O–H groups in total. The van der Waals surface area contributed by atoms with Crippen molar-refractivity contribution in [2.45, 2.75) is 19.8 Å². The van der Waals surface area contributed by atoms with E-state index in [9.17, 15) is 9.18 Å². The summed E-state index contributed by atoms with van der Waals surface area (Å²) >= 11 is 5.00. The van der Waals surface area contributed by atoms with Crippen LogP contribution >= 0.6 is 12.2 Å². The van der Waals surface area contributed by atoms with Gasteiger partial charge in [0, 0.05) is 24.6 Å². The molecular weight excluding hydrogens is 263 g/mol. The number of hydrogen-bond acceptors (Lipinski definition) is 2. The van der Waals surface area contributed by atoms with Crippen LogP contribution in [0.2, 0.25) is 0 Å². The minimum atomic E-state index is -0.295. The third-order valence-corrected chi connectivity index (χ3v) is 3.85. The Labute approximate surface area is 117 Å². The molecule has 0 bridgehead atoms. The average molecular weight is 280 g/mol. The maximum absolute atomic E-state index is 13.2. The molecule has 0 radical (unpaired) electrons. The third kappa shape index (κ3) is 3.10. The van der Waals surface area contributed by atoms with Crippen molar-refractivity contribution >= 4 is 23.1 Å². The van der Waals surface area contributed by atoms with Crippen molar-refractivity contribution < 1.29 is 9.18 Å². The van der Waals surface area contributed by atoms with Crippen molar-refractivity contribution in [1.82, 2.24) is 4.90 Å². The van der Waals surface area contributed by atoms with Crippen LogP contribution in [0.25, 0.3) is 0 Å². The van der Waals surface area contributed by atoms with Gasteiger partial charge in [0.1, 0.15) is 5.82 Å². The summed E-state index contributed by atoms with van der Waals surface area (Å²) in [7, 11) is 0. The van der Waals surface area contributed by atoms with Gasteiger partial charge in [-0.25, -0.2) is 4.39 Å².